The lowest BCUT2D eigenvalue weighted by atomic mass is 8.91. The van der Waals surface area contributed by atoms with E-state index in [4.69, 9.17) is 0 Å². The Labute approximate surface area is 200 Å². The number of hydrogen-bond acceptors (Lipinski definition) is 3. The molecule has 7 fully saturated rings. The maximum absolute atomic E-state index is 13.6. The molecule has 0 aromatic heterocycles. The number of ketones is 1. The van der Waals surface area contributed by atoms with Gasteiger partial charge in [-0.05, 0) is 114 Å². The number of benzene rings is 2. The topological polar surface area (TPSA) is 66.4 Å². The Hall–Kier alpha value is -2.46. The van der Waals surface area contributed by atoms with E-state index in [1.807, 2.05) is 0 Å². The zero-order valence-corrected chi connectivity index (χ0v) is 19.6. The van der Waals surface area contributed by atoms with Gasteiger partial charge in [0.15, 0.2) is 0 Å². The molecular formula is C30H31NO3. The number of carboxylic acids is 1. The monoisotopic (exact) mass is 453 g/mol. The Morgan fingerprint density at radius 2 is 1.56 bits per heavy atom. The van der Waals surface area contributed by atoms with Crippen LogP contribution in [0.15, 0.2) is 42.5 Å². The van der Waals surface area contributed by atoms with Crippen molar-refractivity contribution >= 4 is 11.8 Å². The first-order chi connectivity index (χ1) is 16.5. The SMILES string of the molecule is CCC12C3C4C1C1C2C3C41C(=O)Cc1cc(C(=O)O)cc(-c2ccc(C3CCNCC3)cc2)c1. The summed E-state index contributed by atoms with van der Waals surface area (Å²) < 4.78 is 0. The molecule has 7 aliphatic rings. The smallest absolute Gasteiger partial charge is 0.335 e. The van der Waals surface area contributed by atoms with E-state index in [1.54, 1.807) is 12.1 Å². The number of Topliss-reactive ketones (excluding diaryl/α,β-unsaturated/α-hetero) is 1. The van der Waals surface area contributed by atoms with Crippen molar-refractivity contribution in [3.63, 3.8) is 0 Å². The molecule has 1 aliphatic heterocycles. The van der Waals surface area contributed by atoms with E-state index in [-0.39, 0.29) is 11.0 Å². The molecule has 6 aliphatic carbocycles. The minimum atomic E-state index is -0.928. The summed E-state index contributed by atoms with van der Waals surface area (Å²) in [5, 5.41) is 13.2. The van der Waals surface area contributed by atoms with E-state index in [9.17, 15) is 14.7 Å². The molecule has 6 saturated carbocycles. The summed E-state index contributed by atoms with van der Waals surface area (Å²) in [6, 6.07) is 14.2. The molecule has 34 heavy (non-hydrogen) atoms. The summed E-state index contributed by atoms with van der Waals surface area (Å²) in [6.07, 6.45) is 4.01. The third kappa shape index (κ3) is 1.90. The van der Waals surface area contributed by atoms with E-state index in [1.165, 1.54) is 12.0 Å². The van der Waals surface area contributed by atoms with Gasteiger partial charge in [-0.3, -0.25) is 4.79 Å². The average Bonchev–Trinajstić information content (AvgIpc) is 2.88. The van der Waals surface area contributed by atoms with Gasteiger partial charge < -0.3 is 10.4 Å². The molecule has 4 heteroatoms. The highest BCUT2D eigenvalue weighted by Gasteiger charge is 3.10. The molecule has 2 aromatic rings. The third-order valence-electron chi connectivity index (χ3n) is 11.6. The van der Waals surface area contributed by atoms with E-state index in [0.29, 0.717) is 41.3 Å². The average molecular weight is 454 g/mol. The van der Waals surface area contributed by atoms with E-state index < -0.39 is 5.97 Å². The molecule has 0 amide bonds. The van der Waals surface area contributed by atoms with Gasteiger partial charge in [-0.15, -0.1) is 0 Å². The van der Waals surface area contributed by atoms with Crippen LogP contribution in [0.5, 0.6) is 0 Å². The van der Waals surface area contributed by atoms with Crippen LogP contribution in [0.3, 0.4) is 0 Å². The molecule has 0 radical (unpaired) electrons. The number of hydrogen-bond donors (Lipinski definition) is 2. The van der Waals surface area contributed by atoms with Crippen molar-refractivity contribution in [3.8, 4) is 11.1 Å². The maximum atomic E-state index is 13.6. The fourth-order valence-corrected chi connectivity index (χ4v) is 10.5. The van der Waals surface area contributed by atoms with Gasteiger partial charge in [0.2, 0.25) is 0 Å². The quantitative estimate of drug-likeness (QED) is 0.633. The van der Waals surface area contributed by atoms with Gasteiger partial charge >= 0.3 is 5.97 Å². The predicted octanol–water partition coefficient (Wildman–Crippen LogP) is 4.78. The van der Waals surface area contributed by atoms with Crippen molar-refractivity contribution < 1.29 is 14.7 Å². The molecule has 174 valence electrons. The minimum absolute atomic E-state index is 0.00713. The van der Waals surface area contributed by atoms with Gasteiger partial charge in [0.05, 0.1) is 5.56 Å². The highest BCUT2D eigenvalue weighted by atomic mass is 16.4. The highest BCUT2D eigenvalue weighted by Crippen LogP contribution is 3.10. The first kappa shape index (κ1) is 19.8. The number of rotatable bonds is 7. The second kappa shape index (κ2) is 6.20. The number of carbonyl (C=O) groups excluding carboxylic acids is 1. The Balaban J connectivity index is 1.06. The fourth-order valence-electron chi connectivity index (χ4n) is 10.5. The van der Waals surface area contributed by atoms with Crippen molar-refractivity contribution in [2.24, 2.45) is 46.3 Å². The number of carbonyl (C=O) groups is 2. The molecule has 4 nitrogen and oxygen atoms in total. The van der Waals surface area contributed by atoms with Crippen molar-refractivity contribution in [1.29, 1.82) is 0 Å². The van der Waals surface area contributed by atoms with Crippen LogP contribution in [0.2, 0.25) is 0 Å². The van der Waals surface area contributed by atoms with E-state index in [0.717, 1.165) is 60.4 Å². The molecule has 9 rings (SSSR count). The first-order valence-electron chi connectivity index (χ1n) is 13.2. The zero-order chi connectivity index (χ0) is 23.0. The molecule has 2 N–H and O–H groups in total. The van der Waals surface area contributed by atoms with Crippen molar-refractivity contribution in [1.82, 2.24) is 5.32 Å². The van der Waals surface area contributed by atoms with Gasteiger partial charge in [-0.2, -0.15) is 0 Å². The Morgan fingerprint density at radius 1 is 0.912 bits per heavy atom. The lowest BCUT2D eigenvalue weighted by molar-refractivity contribution is -0.641. The zero-order valence-electron chi connectivity index (χ0n) is 19.6. The second-order valence-corrected chi connectivity index (χ2v) is 12.0. The lowest BCUT2D eigenvalue weighted by Crippen LogP contribution is -3.10. The summed E-state index contributed by atoms with van der Waals surface area (Å²) in [7, 11) is 0. The molecular weight excluding hydrogens is 422 g/mol. The van der Waals surface area contributed by atoms with Gasteiger partial charge in [-0.25, -0.2) is 4.79 Å². The number of piperidine rings is 1. The van der Waals surface area contributed by atoms with Gasteiger partial charge in [0, 0.05) is 11.8 Å². The van der Waals surface area contributed by atoms with Crippen LogP contribution >= 0.6 is 0 Å². The third-order valence-corrected chi connectivity index (χ3v) is 11.6. The molecule has 1 heterocycles. The normalized spacial score (nSPS) is 41.8. The summed E-state index contributed by atoms with van der Waals surface area (Å²) in [6.45, 7) is 4.47. The minimum Gasteiger partial charge on any atom is -0.478 e. The Kier molecular flexibility index (Phi) is 3.61. The van der Waals surface area contributed by atoms with Crippen molar-refractivity contribution in [2.45, 2.75) is 38.5 Å². The van der Waals surface area contributed by atoms with E-state index >= 15 is 0 Å². The van der Waals surface area contributed by atoms with Crippen LogP contribution in [0.25, 0.3) is 11.1 Å². The largest absolute Gasteiger partial charge is 0.478 e. The van der Waals surface area contributed by atoms with Crippen LogP contribution in [0, 0.1) is 46.3 Å². The Bertz CT molecular complexity index is 1200. The van der Waals surface area contributed by atoms with Crippen molar-refractivity contribution in [3.05, 3.63) is 59.2 Å². The molecule has 0 spiro atoms. The molecule has 1 saturated heterocycles. The lowest BCUT2D eigenvalue weighted by Gasteiger charge is -3.11. The van der Waals surface area contributed by atoms with Crippen LogP contribution in [-0.2, 0) is 11.2 Å². The Morgan fingerprint density at radius 3 is 2.15 bits per heavy atom. The molecule has 2 aromatic carbocycles. The fraction of sp³-hybridized carbons (Fsp3) is 0.533. The molecule has 0 bridgehead atoms. The van der Waals surface area contributed by atoms with Gasteiger partial charge in [0.25, 0.3) is 0 Å². The van der Waals surface area contributed by atoms with Crippen molar-refractivity contribution in [2.75, 3.05) is 13.1 Å². The summed E-state index contributed by atoms with van der Waals surface area (Å²) in [4.78, 5) is 25.5. The van der Waals surface area contributed by atoms with Crippen LogP contribution in [-0.4, -0.2) is 29.9 Å². The van der Waals surface area contributed by atoms with Crippen LogP contribution < -0.4 is 5.32 Å². The summed E-state index contributed by atoms with van der Waals surface area (Å²) in [5.41, 5.74) is 5.07. The van der Waals surface area contributed by atoms with E-state index in [2.05, 4.69) is 42.6 Å². The summed E-state index contributed by atoms with van der Waals surface area (Å²) >= 11 is 0. The maximum Gasteiger partial charge on any atom is 0.335 e. The first-order valence-corrected chi connectivity index (χ1v) is 13.2. The highest BCUT2D eigenvalue weighted by molar-refractivity contribution is 5.96. The molecule has 0 atom stereocenters. The summed E-state index contributed by atoms with van der Waals surface area (Å²) in [5.74, 6) is 4.62. The van der Waals surface area contributed by atoms with Gasteiger partial charge in [0.1, 0.15) is 5.78 Å². The number of carboxylic acid groups (broad SMARTS) is 1. The standard InChI is InChI=1S/C30H31NO3/c1-2-29-22-25-23(29)27-24(29)26(22)30(25,27)21(32)13-15-11-19(14-20(12-15)28(33)34)17-5-3-16(4-6-17)18-7-9-31-10-8-18/h3-6,11-12,14,18,22-27,31H,2,7-10,13H2,1H3,(H,33,34). The molecule has 0 unspecified atom stereocenters. The number of nitrogens with one attached hydrogen (secondary N) is 1. The van der Waals surface area contributed by atoms with Crippen LogP contribution in [0.4, 0.5) is 0 Å². The predicted molar refractivity (Wildman–Crippen MR) is 128 cm³/mol. The van der Waals surface area contributed by atoms with Crippen LogP contribution in [0.1, 0.15) is 53.6 Å². The van der Waals surface area contributed by atoms with Gasteiger partial charge in [-0.1, -0.05) is 37.3 Å². The second-order valence-electron chi connectivity index (χ2n) is 12.0. The number of aromatic carboxylic acids is 1.